The van der Waals surface area contributed by atoms with Crippen LogP contribution in [0.5, 0.6) is 0 Å². The van der Waals surface area contributed by atoms with Crippen LogP contribution in [0.3, 0.4) is 0 Å². The standard InChI is InChI=1S/C12H14N4O2S/c1-3-10-14-12(16-15-10)19-9-5-4-7(6-8(9)13)11(17)18-2/h4-6H,3,13H2,1-2H3,(H,14,15,16). The molecule has 0 unspecified atom stereocenters. The van der Waals surface area contributed by atoms with Gasteiger partial charge in [-0.1, -0.05) is 6.92 Å². The van der Waals surface area contributed by atoms with E-state index in [1.165, 1.54) is 18.9 Å². The fourth-order valence-corrected chi connectivity index (χ4v) is 2.22. The second kappa shape index (κ2) is 5.75. The van der Waals surface area contributed by atoms with Gasteiger partial charge in [-0.15, -0.1) is 5.10 Å². The fraction of sp³-hybridized carbons (Fsp3) is 0.250. The smallest absolute Gasteiger partial charge is 0.337 e. The maximum Gasteiger partial charge on any atom is 0.337 e. The van der Waals surface area contributed by atoms with Gasteiger partial charge in [0.05, 0.1) is 12.7 Å². The van der Waals surface area contributed by atoms with Gasteiger partial charge in [0, 0.05) is 17.0 Å². The van der Waals surface area contributed by atoms with Crippen molar-refractivity contribution in [3.05, 3.63) is 29.6 Å². The lowest BCUT2D eigenvalue weighted by Crippen LogP contribution is -2.02. The number of esters is 1. The van der Waals surface area contributed by atoms with Gasteiger partial charge in [-0.3, -0.25) is 5.10 Å². The second-order valence-corrected chi connectivity index (χ2v) is 4.77. The van der Waals surface area contributed by atoms with Gasteiger partial charge in [-0.05, 0) is 30.0 Å². The number of carbonyl (C=O) groups excluding carboxylic acids is 1. The average Bonchev–Trinajstić information content (AvgIpc) is 2.88. The van der Waals surface area contributed by atoms with E-state index in [1.807, 2.05) is 6.92 Å². The van der Waals surface area contributed by atoms with Gasteiger partial charge < -0.3 is 10.5 Å². The summed E-state index contributed by atoms with van der Waals surface area (Å²) in [5.41, 5.74) is 6.83. The van der Waals surface area contributed by atoms with Crippen molar-refractivity contribution in [2.45, 2.75) is 23.4 Å². The first-order valence-corrected chi connectivity index (χ1v) is 6.52. The van der Waals surface area contributed by atoms with Crippen molar-refractivity contribution in [2.75, 3.05) is 12.8 Å². The number of hydrogen-bond donors (Lipinski definition) is 2. The zero-order chi connectivity index (χ0) is 13.8. The lowest BCUT2D eigenvalue weighted by molar-refractivity contribution is 0.0600. The molecule has 1 aromatic heterocycles. The molecule has 0 saturated heterocycles. The molecule has 0 aliphatic heterocycles. The number of aromatic nitrogens is 3. The third kappa shape index (κ3) is 3.05. The van der Waals surface area contributed by atoms with Crippen molar-refractivity contribution >= 4 is 23.4 Å². The minimum absolute atomic E-state index is 0.408. The minimum atomic E-state index is -0.408. The molecule has 0 bridgehead atoms. The fourth-order valence-electron chi connectivity index (χ4n) is 1.47. The van der Waals surface area contributed by atoms with Gasteiger partial charge in [0.2, 0.25) is 5.16 Å². The van der Waals surface area contributed by atoms with E-state index in [0.29, 0.717) is 16.4 Å². The highest BCUT2D eigenvalue weighted by Gasteiger charge is 2.11. The van der Waals surface area contributed by atoms with Crippen LogP contribution in [0.25, 0.3) is 0 Å². The molecule has 0 radical (unpaired) electrons. The maximum atomic E-state index is 11.4. The first kappa shape index (κ1) is 13.4. The average molecular weight is 278 g/mol. The highest BCUT2D eigenvalue weighted by atomic mass is 32.2. The van der Waals surface area contributed by atoms with Crippen molar-refractivity contribution in [1.29, 1.82) is 0 Å². The van der Waals surface area contributed by atoms with Crippen LogP contribution in [0.1, 0.15) is 23.1 Å². The Balaban J connectivity index is 2.19. The van der Waals surface area contributed by atoms with Crippen molar-refractivity contribution in [3.8, 4) is 0 Å². The summed E-state index contributed by atoms with van der Waals surface area (Å²) in [6, 6.07) is 5.01. The van der Waals surface area contributed by atoms with E-state index in [2.05, 4.69) is 19.9 Å². The van der Waals surface area contributed by atoms with E-state index in [-0.39, 0.29) is 0 Å². The summed E-state index contributed by atoms with van der Waals surface area (Å²) in [7, 11) is 1.33. The summed E-state index contributed by atoms with van der Waals surface area (Å²) < 4.78 is 4.64. The number of methoxy groups -OCH3 is 1. The zero-order valence-corrected chi connectivity index (χ0v) is 11.5. The molecule has 1 aromatic carbocycles. The number of ether oxygens (including phenoxy) is 1. The van der Waals surface area contributed by atoms with Crippen molar-refractivity contribution in [1.82, 2.24) is 15.2 Å². The Morgan fingerprint density at radius 1 is 1.53 bits per heavy atom. The van der Waals surface area contributed by atoms with Crippen LogP contribution in [0.4, 0.5) is 5.69 Å². The third-order valence-electron chi connectivity index (χ3n) is 2.48. The Morgan fingerprint density at radius 3 is 2.89 bits per heavy atom. The normalized spacial score (nSPS) is 10.4. The van der Waals surface area contributed by atoms with E-state index in [9.17, 15) is 4.79 Å². The number of rotatable bonds is 4. The predicted octanol–water partition coefficient (Wildman–Crippen LogP) is 1.89. The highest BCUT2D eigenvalue weighted by Crippen LogP contribution is 2.30. The number of H-pyrrole nitrogens is 1. The molecule has 0 atom stereocenters. The molecule has 2 aromatic rings. The quantitative estimate of drug-likeness (QED) is 0.655. The van der Waals surface area contributed by atoms with Crippen LogP contribution in [-0.4, -0.2) is 28.3 Å². The third-order valence-corrected chi connectivity index (χ3v) is 3.44. The topological polar surface area (TPSA) is 93.9 Å². The van der Waals surface area contributed by atoms with Gasteiger partial charge in [0.25, 0.3) is 0 Å². The summed E-state index contributed by atoms with van der Waals surface area (Å²) in [6.07, 6.45) is 0.796. The Labute approximate surface area is 114 Å². The van der Waals surface area contributed by atoms with Crippen LogP contribution >= 0.6 is 11.8 Å². The van der Waals surface area contributed by atoms with Crippen LogP contribution in [0.15, 0.2) is 28.3 Å². The molecule has 100 valence electrons. The summed E-state index contributed by atoms with van der Waals surface area (Å²) in [5.74, 6) is 0.418. The Kier molecular flexibility index (Phi) is 4.06. The molecule has 3 N–H and O–H groups in total. The second-order valence-electron chi connectivity index (χ2n) is 3.76. The van der Waals surface area contributed by atoms with E-state index in [4.69, 9.17) is 5.73 Å². The number of hydrogen-bond acceptors (Lipinski definition) is 6. The van der Waals surface area contributed by atoms with Crippen LogP contribution < -0.4 is 5.73 Å². The minimum Gasteiger partial charge on any atom is -0.465 e. The molecule has 2 rings (SSSR count). The summed E-state index contributed by atoms with van der Waals surface area (Å²) in [6.45, 7) is 1.99. The Morgan fingerprint density at radius 2 is 2.32 bits per heavy atom. The lowest BCUT2D eigenvalue weighted by Gasteiger charge is -2.05. The maximum absolute atomic E-state index is 11.4. The van der Waals surface area contributed by atoms with E-state index >= 15 is 0 Å². The SMILES string of the molecule is CCc1nc(Sc2ccc(C(=O)OC)cc2N)n[nH]1. The summed E-state index contributed by atoms with van der Waals surface area (Å²) in [4.78, 5) is 16.5. The first-order chi connectivity index (χ1) is 9.13. The number of benzene rings is 1. The number of nitrogens with one attached hydrogen (secondary N) is 1. The molecular weight excluding hydrogens is 264 g/mol. The number of nitrogens with two attached hydrogens (primary N) is 1. The molecule has 0 aliphatic rings. The van der Waals surface area contributed by atoms with Gasteiger partial charge in [0.1, 0.15) is 5.82 Å². The van der Waals surface area contributed by atoms with Crippen molar-refractivity contribution in [3.63, 3.8) is 0 Å². The van der Waals surface area contributed by atoms with E-state index in [1.54, 1.807) is 18.2 Å². The highest BCUT2D eigenvalue weighted by molar-refractivity contribution is 7.99. The Hall–Kier alpha value is -2.02. The van der Waals surface area contributed by atoms with E-state index < -0.39 is 5.97 Å². The molecule has 19 heavy (non-hydrogen) atoms. The van der Waals surface area contributed by atoms with Gasteiger partial charge in [-0.2, -0.15) is 0 Å². The molecule has 0 aliphatic carbocycles. The van der Waals surface area contributed by atoms with Crippen molar-refractivity contribution in [2.24, 2.45) is 0 Å². The molecular formula is C12H14N4O2S. The van der Waals surface area contributed by atoms with Gasteiger partial charge >= 0.3 is 5.97 Å². The lowest BCUT2D eigenvalue weighted by atomic mass is 10.2. The predicted molar refractivity (Wildman–Crippen MR) is 72.1 cm³/mol. The zero-order valence-electron chi connectivity index (χ0n) is 10.6. The number of nitrogens with zero attached hydrogens (tertiary/aromatic N) is 2. The molecule has 0 fully saturated rings. The molecule has 7 heteroatoms. The van der Waals surface area contributed by atoms with Crippen LogP contribution in [-0.2, 0) is 11.2 Å². The molecule has 0 amide bonds. The molecule has 1 heterocycles. The number of anilines is 1. The Bertz CT molecular complexity index is 597. The summed E-state index contributed by atoms with van der Waals surface area (Å²) >= 11 is 1.35. The molecule has 0 saturated carbocycles. The number of carbonyl (C=O) groups is 1. The largest absolute Gasteiger partial charge is 0.465 e. The first-order valence-electron chi connectivity index (χ1n) is 5.71. The van der Waals surface area contributed by atoms with Crippen molar-refractivity contribution < 1.29 is 9.53 Å². The van der Waals surface area contributed by atoms with Gasteiger partial charge in [0.15, 0.2) is 0 Å². The monoisotopic (exact) mass is 278 g/mol. The molecule has 0 spiro atoms. The number of nitrogen functional groups attached to an aromatic ring is 1. The van der Waals surface area contributed by atoms with Crippen LogP contribution in [0, 0.1) is 0 Å². The number of aryl methyl sites for hydroxylation is 1. The van der Waals surface area contributed by atoms with E-state index in [0.717, 1.165) is 17.1 Å². The molecule has 6 nitrogen and oxygen atoms in total. The van der Waals surface area contributed by atoms with Gasteiger partial charge in [-0.25, -0.2) is 9.78 Å². The summed E-state index contributed by atoms with van der Waals surface area (Å²) in [5, 5.41) is 7.52. The van der Waals surface area contributed by atoms with Crippen LogP contribution in [0.2, 0.25) is 0 Å². The number of aromatic amines is 1.